The Morgan fingerprint density at radius 2 is 1.75 bits per heavy atom. The first-order valence-corrected chi connectivity index (χ1v) is 6.64. The van der Waals surface area contributed by atoms with Crippen molar-refractivity contribution in [3.8, 4) is 0 Å². The van der Waals surface area contributed by atoms with Gasteiger partial charge in [0, 0.05) is 19.6 Å². The zero-order chi connectivity index (χ0) is 12.0. The van der Waals surface area contributed by atoms with E-state index in [1.165, 1.54) is 19.3 Å². The number of aliphatic imine (C=N–C) groups is 1. The average Bonchev–Trinajstić information content (AvgIpc) is 2.95. The Bertz CT molecular complexity index is 221. The van der Waals surface area contributed by atoms with Gasteiger partial charge in [0.1, 0.15) is 0 Å². The van der Waals surface area contributed by atoms with Crippen LogP contribution in [0.25, 0.3) is 0 Å². The minimum atomic E-state index is 0.532. The lowest BCUT2D eigenvalue weighted by Gasteiger charge is -2.16. The van der Waals surface area contributed by atoms with Crippen molar-refractivity contribution in [2.24, 2.45) is 16.3 Å². The van der Waals surface area contributed by atoms with Gasteiger partial charge < -0.3 is 10.6 Å². The zero-order valence-electron chi connectivity index (χ0n) is 11.3. The summed E-state index contributed by atoms with van der Waals surface area (Å²) < 4.78 is 0. The highest BCUT2D eigenvalue weighted by Gasteiger charge is 2.42. The standard InChI is InChI=1S/C13H27N3/c1-5-14-12(15-6-2)16-10-13(7-8-13)9-11(3)4/h11H,5-10H2,1-4H3,(H2,14,15,16). The van der Waals surface area contributed by atoms with Crippen LogP contribution in [0.2, 0.25) is 0 Å². The lowest BCUT2D eigenvalue weighted by Crippen LogP contribution is -2.37. The minimum Gasteiger partial charge on any atom is -0.357 e. The Kier molecular flexibility index (Phi) is 5.10. The van der Waals surface area contributed by atoms with Crippen molar-refractivity contribution in [1.29, 1.82) is 0 Å². The van der Waals surface area contributed by atoms with Crippen molar-refractivity contribution < 1.29 is 0 Å². The second kappa shape index (κ2) is 6.12. The summed E-state index contributed by atoms with van der Waals surface area (Å²) in [6.45, 7) is 11.7. The van der Waals surface area contributed by atoms with Crippen LogP contribution in [0, 0.1) is 11.3 Å². The summed E-state index contributed by atoms with van der Waals surface area (Å²) in [6.07, 6.45) is 4.04. The molecule has 1 aliphatic carbocycles. The Balaban J connectivity index is 2.42. The summed E-state index contributed by atoms with van der Waals surface area (Å²) in [6, 6.07) is 0. The molecule has 0 amide bonds. The van der Waals surface area contributed by atoms with Crippen LogP contribution in [-0.2, 0) is 0 Å². The predicted octanol–water partition coefficient (Wildman–Crippen LogP) is 2.39. The fourth-order valence-corrected chi connectivity index (χ4v) is 2.23. The molecule has 94 valence electrons. The van der Waals surface area contributed by atoms with Crippen LogP contribution >= 0.6 is 0 Å². The molecule has 2 N–H and O–H groups in total. The number of nitrogens with zero attached hydrogens (tertiary/aromatic N) is 1. The van der Waals surface area contributed by atoms with Gasteiger partial charge in [-0.3, -0.25) is 4.99 Å². The highest BCUT2D eigenvalue weighted by atomic mass is 15.2. The molecule has 1 saturated carbocycles. The summed E-state index contributed by atoms with van der Waals surface area (Å²) in [5, 5.41) is 6.55. The summed E-state index contributed by atoms with van der Waals surface area (Å²) in [7, 11) is 0. The molecule has 0 aliphatic heterocycles. The van der Waals surface area contributed by atoms with E-state index in [0.717, 1.165) is 31.5 Å². The maximum Gasteiger partial charge on any atom is 0.191 e. The normalized spacial score (nSPS) is 17.1. The first-order chi connectivity index (χ1) is 7.62. The second-order valence-electron chi connectivity index (χ2n) is 5.32. The number of hydrogen-bond acceptors (Lipinski definition) is 1. The predicted molar refractivity (Wildman–Crippen MR) is 70.8 cm³/mol. The van der Waals surface area contributed by atoms with Crippen LogP contribution in [-0.4, -0.2) is 25.6 Å². The fraction of sp³-hybridized carbons (Fsp3) is 0.923. The van der Waals surface area contributed by atoms with E-state index in [4.69, 9.17) is 0 Å². The molecular weight excluding hydrogens is 198 g/mol. The van der Waals surface area contributed by atoms with E-state index in [1.54, 1.807) is 0 Å². The average molecular weight is 225 g/mol. The lowest BCUT2D eigenvalue weighted by atomic mass is 9.94. The number of hydrogen-bond donors (Lipinski definition) is 2. The van der Waals surface area contributed by atoms with Gasteiger partial charge in [0.05, 0.1) is 0 Å². The van der Waals surface area contributed by atoms with E-state index in [1.807, 2.05) is 0 Å². The fourth-order valence-electron chi connectivity index (χ4n) is 2.23. The van der Waals surface area contributed by atoms with Crippen LogP contribution < -0.4 is 10.6 Å². The minimum absolute atomic E-state index is 0.532. The highest BCUT2D eigenvalue weighted by molar-refractivity contribution is 5.79. The van der Waals surface area contributed by atoms with Crippen LogP contribution in [0.1, 0.15) is 47.0 Å². The molecule has 3 nitrogen and oxygen atoms in total. The van der Waals surface area contributed by atoms with Gasteiger partial charge in [-0.05, 0) is 44.4 Å². The molecule has 3 heteroatoms. The molecule has 0 aromatic rings. The molecule has 0 aromatic carbocycles. The van der Waals surface area contributed by atoms with E-state index in [9.17, 15) is 0 Å². The number of nitrogens with one attached hydrogen (secondary N) is 2. The monoisotopic (exact) mass is 225 g/mol. The van der Waals surface area contributed by atoms with Gasteiger partial charge in [-0.1, -0.05) is 13.8 Å². The third-order valence-electron chi connectivity index (χ3n) is 3.06. The quantitative estimate of drug-likeness (QED) is 0.538. The van der Waals surface area contributed by atoms with Crippen molar-refractivity contribution >= 4 is 5.96 Å². The molecule has 0 spiro atoms. The van der Waals surface area contributed by atoms with E-state index < -0.39 is 0 Å². The van der Waals surface area contributed by atoms with Crippen LogP contribution in [0.4, 0.5) is 0 Å². The third-order valence-corrected chi connectivity index (χ3v) is 3.06. The highest BCUT2D eigenvalue weighted by Crippen LogP contribution is 2.50. The van der Waals surface area contributed by atoms with Gasteiger partial charge in [-0.25, -0.2) is 0 Å². The molecule has 0 atom stereocenters. The van der Waals surface area contributed by atoms with Gasteiger partial charge in [0.15, 0.2) is 5.96 Å². The van der Waals surface area contributed by atoms with Crippen molar-refractivity contribution in [1.82, 2.24) is 10.6 Å². The van der Waals surface area contributed by atoms with E-state index >= 15 is 0 Å². The molecule has 1 rings (SSSR count). The molecule has 0 aromatic heterocycles. The van der Waals surface area contributed by atoms with Crippen LogP contribution in [0.5, 0.6) is 0 Å². The van der Waals surface area contributed by atoms with Gasteiger partial charge in [0.2, 0.25) is 0 Å². The Morgan fingerprint density at radius 1 is 1.19 bits per heavy atom. The Morgan fingerprint density at radius 3 is 2.12 bits per heavy atom. The molecule has 0 unspecified atom stereocenters. The summed E-state index contributed by atoms with van der Waals surface area (Å²) >= 11 is 0. The summed E-state index contributed by atoms with van der Waals surface area (Å²) in [5.41, 5.74) is 0.532. The maximum absolute atomic E-state index is 4.68. The van der Waals surface area contributed by atoms with Gasteiger partial charge in [-0.15, -0.1) is 0 Å². The molecular formula is C13H27N3. The molecule has 1 aliphatic rings. The van der Waals surface area contributed by atoms with E-state index in [0.29, 0.717) is 5.41 Å². The second-order valence-corrected chi connectivity index (χ2v) is 5.32. The summed E-state index contributed by atoms with van der Waals surface area (Å²) in [4.78, 5) is 4.68. The third kappa shape index (κ3) is 4.42. The Hall–Kier alpha value is -0.730. The van der Waals surface area contributed by atoms with Crippen LogP contribution in [0.15, 0.2) is 4.99 Å². The Labute approximate surface area is 100 Å². The van der Waals surface area contributed by atoms with Crippen molar-refractivity contribution in [2.45, 2.75) is 47.0 Å². The number of rotatable bonds is 6. The lowest BCUT2D eigenvalue weighted by molar-refractivity contribution is 0.398. The first kappa shape index (κ1) is 13.3. The largest absolute Gasteiger partial charge is 0.357 e. The molecule has 0 radical (unpaired) electrons. The SMILES string of the molecule is CCNC(=NCC1(CC(C)C)CC1)NCC. The molecule has 0 saturated heterocycles. The molecule has 0 bridgehead atoms. The molecule has 16 heavy (non-hydrogen) atoms. The summed E-state index contributed by atoms with van der Waals surface area (Å²) in [5.74, 6) is 1.76. The van der Waals surface area contributed by atoms with E-state index in [-0.39, 0.29) is 0 Å². The maximum atomic E-state index is 4.68. The van der Waals surface area contributed by atoms with Crippen LogP contribution in [0.3, 0.4) is 0 Å². The van der Waals surface area contributed by atoms with Crippen molar-refractivity contribution in [3.63, 3.8) is 0 Å². The van der Waals surface area contributed by atoms with E-state index in [2.05, 4.69) is 43.3 Å². The zero-order valence-corrected chi connectivity index (χ0v) is 11.3. The smallest absolute Gasteiger partial charge is 0.191 e. The van der Waals surface area contributed by atoms with Gasteiger partial charge in [-0.2, -0.15) is 0 Å². The van der Waals surface area contributed by atoms with Crippen molar-refractivity contribution in [2.75, 3.05) is 19.6 Å². The van der Waals surface area contributed by atoms with Crippen molar-refractivity contribution in [3.05, 3.63) is 0 Å². The van der Waals surface area contributed by atoms with Gasteiger partial charge >= 0.3 is 0 Å². The van der Waals surface area contributed by atoms with Gasteiger partial charge in [0.25, 0.3) is 0 Å². The first-order valence-electron chi connectivity index (χ1n) is 6.64. The molecule has 0 heterocycles. The molecule has 1 fully saturated rings. The topological polar surface area (TPSA) is 36.4 Å². The number of guanidine groups is 1.